The van der Waals surface area contributed by atoms with Crippen molar-refractivity contribution in [1.82, 2.24) is 10.2 Å². The second-order valence-corrected chi connectivity index (χ2v) is 9.49. The first-order valence-electron chi connectivity index (χ1n) is 12.1. The molecule has 1 unspecified atom stereocenters. The smallest absolute Gasteiger partial charge is 0.261 e. The Kier molecular flexibility index (Phi) is 9.07. The number of nitrogens with zero attached hydrogens (tertiary/aromatic N) is 1. The Bertz CT molecular complexity index is 1100. The van der Waals surface area contributed by atoms with E-state index in [1.54, 1.807) is 4.90 Å². The highest BCUT2D eigenvalue weighted by Gasteiger charge is 2.31. The lowest BCUT2D eigenvalue weighted by Gasteiger charge is -2.32. The predicted octanol–water partition coefficient (Wildman–Crippen LogP) is 5.16. The Labute approximate surface area is 209 Å². The molecule has 0 aliphatic carbocycles. The zero-order chi connectivity index (χ0) is 25.4. The van der Waals surface area contributed by atoms with Crippen molar-refractivity contribution >= 4 is 11.8 Å². The zero-order valence-corrected chi connectivity index (χ0v) is 21.4. The minimum absolute atomic E-state index is 0.0383. The maximum atomic E-state index is 13.6. The monoisotopic (exact) mass is 472 g/mol. The number of rotatable bonds is 10. The van der Waals surface area contributed by atoms with Crippen molar-refractivity contribution in [3.8, 4) is 5.75 Å². The molecule has 0 saturated carbocycles. The summed E-state index contributed by atoms with van der Waals surface area (Å²) in [6, 6.07) is 23.0. The minimum atomic E-state index is -0.670. The van der Waals surface area contributed by atoms with E-state index >= 15 is 0 Å². The van der Waals surface area contributed by atoms with Gasteiger partial charge < -0.3 is 15.0 Å². The summed E-state index contributed by atoms with van der Waals surface area (Å²) < 4.78 is 5.91. The summed E-state index contributed by atoms with van der Waals surface area (Å²) in [4.78, 5) is 28.6. The highest BCUT2D eigenvalue weighted by molar-refractivity contribution is 5.88. The third-order valence-corrected chi connectivity index (χ3v) is 5.73. The number of carbonyl (C=O) groups excluding carboxylic acids is 2. The van der Waals surface area contributed by atoms with Gasteiger partial charge in [0.15, 0.2) is 6.61 Å². The van der Waals surface area contributed by atoms with Crippen LogP contribution in [0.4, 0.5) is 0 Å². The third-order valence-electron chi connectivity index (χ3n) is 5.73. The SMILES string of the molecule is Cc1ccc(CN(C(=O)COc2cc(C)cc(C)c2)C(Cc2ccccc2)C(=O)NC(C)C)cc1. The van der Waals surface area contributed by atoms with Crippen LogP contribution in [0.3, 0.4) is 0 Å². The van der Waals surface area contributed by atoms with E-state index in [9.17, 15) is 9.59 Å². The van der Waals surface area contributed by atoms with E-state index in [2.05, 4.69) is 11.4 Å². The number of hydrogen-bond donors (Lipinski definition) is 1. The van der Waals surface area contributed by atoms with Gasteiger partial charge in [0.05, 0.1) is 0 Å². The molecule has 1 N–H and O–H groups in total. The molecule has 5 heteroatoms. The van der Waals surface area contributed by atoms with Crippen LogP contribution in [-0.4, -0.2) is 35.4 Å². The number of carbonyl (C=O) groups is 2. The highest BCUT2D eigenvalue weighted by Crippen LogP contribution is 2.19. The minimum Gasteiger partial charge on any atom is -0.484 e. The van der Waals surface area contributed by atoms with E-state index in [-0.39, 0.29) is 24.5 Å². The van der Waals surface area contributed by atoms with Gasteiger partial charge in [-0.15, -0.1) is 0 Å². The summed E-state index contributed by atoms with van der Waals surface area (Å²) >= 11 is 0. The fraction of sp³-hybridized carbons (Fsp3) is 0.333. The molecule has 2 amide bonds. The van der Waals surface area contributed by atoms with Crippen molar-refractivity contribution in [2.24, 2.45) is 0 Å². The van der Waals surface area contributed by atoms with Crippen molar-refractivity contribution in [2.45, 2.75) is 59.7 Å². The van der Waals surface area contributed by atoms with Crippen LogP contribution < -0.4 is 10.1 Å². The molecular formula is C30H36N2O3. The van der Waals surface area contributed by atoms with Gasteiger partial charge in [0, 0.05) is 19.0 Å². The van der Waals surface area contributed by atoms with Crippen LogP contribution in [0, 0.1) is 20.8 Å². The van der Waals surface area contributed by atoms with E-state index in [1.165, 1.54) is 0 Å². The first kappa shape index (κ1) is 26.0. The first-order chi connectivity index (χ1) is 16.7. The van der Waals surface area contributed by atoms with E-state index < -0.39 is 6.04 Å². The number of benzene rings is 3. The van der Waals surface area contributed by atoms with E-state index in [0.29, 0.717) is 18.7 Å². The van der Waals surface area contributed by atoms with Gasteiger partial charge in [0.2, 0.25) is 5.91 Å². The molecule has 0 saturated heterocycles. The molecule has 0 aromatic heterocycles. The zero-order valence-electron chi connectivity index (χ0n) is 21.4. The van der Waals surface area contributed by atoms with Gasteiger partial charge >= 0.3 is 0 Å². The Morgan fingerprint density at radius 3 is 2.06 bits per heavy atom. The Morgan fingerprint density at radius 1 is 0.829 bits per heavy atom. The normalized spacial score (nSPS) is 11.7. The molecule has 0 bridgehead atoms. The molecule has 0 spiro atoms. The van der Waals surface area contributed by atoms with E-state index in [1.807, 2.05) is 101 Å². The Morgan fingerprint density at radius 2 is 1.46 bits per heavy atom. The lowest BCUT2D eigenvalue weighted by Crippen LogP contribution is -2.52. The van der Waals surface area contributed by atoms with Crippen molar-refractivity contribution < 1.29 is 14.3 Å². The Balaban J connectivity index is 1.91. The van der Waals surface area contributed by atoms with Gasteiger partial charge in [0.25, 0.3) is 5.91 Å². The summed E-state index contributed by atoms with van der Waals surface area (Å²) in [5.41, 5.74) is 5.24. The van der Waals surface area contributed by atoms with Crippen molar-refractivity contribution in [2.75, 3.05) is 6.61 Å². The maximum absolute atomic E-state index is 13.6. The number of ether oxygens (including phenoxy) is 1. The summed E-state index contributed by atoms with van der Waals surface area (Å²) in [7, 11) is 0. The first-order valence-corrected chi connectivity index (χ1v) is 12.1. The van der Waals surface area contributed by atoms with Gasteiger partial charge in [-0.25, -0.2) is 0 Å². The molecule has 184 valence electrons. The molecule has 5 nitrogen and oxygen atoms in total. The number of nitrogens with one attached hydrogen (secondary N) is 1. The average molecular weight is 473 g/mol. The highest BCUT2D eigenvalue weighted by atomic mass is 16.5. The number of aryl methyl sites for hydroxylation is 3. The molecule has 3 aromatic carbocycles. The van der Waals surface area contributed by atoms with Crippen molar-refractivity contribution in [1.29, 1.82) is 0 Å². The Hall–Kier alpha value is -3.60. The fourth-order valence-corrected chi connectivity index (χ4v) is 4.07. The lowest BCUT2D eigenvalue weighted by molar-refractivity contribution is -0.143. The molecule has 0 fully saturated rings. The molecule has 0 heterocycles. The average Bonchev–Trinajstić information content (AvgIpc) is 2.80. The summed E-state index contributed by atoms with van der Waals surface area (Å²) in [5.74, 6) is 0.248. The number of amides is 2. The summed E-state index contributed by atoms with van der Waals surface area (Å²) in [6.07, 6.45) is 0.417. The van der Waals surface area contributed by atoms with Crippen molar-refractivity contribution in [3.63, 3.8) is 0 Å². The topological polar surface area (TPSA) is 58.6 Å². The van der Waals surface area contributed by atoms with Crippen LogP contribution in [0.25, 0.3) is 0 Å². The molecule has 3 rings (SSSR count). The van der Waals surface area contributed by atoms with Gasteiger partial charge in [0.1, 0.15) is 11.8 Å². The van der Waals surface area contributed by atoms with Crippen LogP contribution in [0.2, 0.25) is 0 Å². The molecule has 0 radical (unpaired) electrons. The molecule has 35 heavy (non-hydrogen) atoms. The van der Waals surface area contributed by atoms with Gasteiger partial charge in [-0.2, -0.15) is 0 Å². The standard InChI is InChI=1S/C30H36N2O3/c1-21(2)31-30(34)28(18-25-9-7-6-8-10-25)32(19-26-13-11-22(3)12-14-26)29(33)20-35-27-16-23(4)15-24(5)17-27/h6-17,21,28H,18-20H2,1-5H3,(H,31,34). The van der Waals surface area contributed by atoms with E-state index in [0.717, 1.165) is 27.8 Å². The second-order valence-electron chi connectivity index (χ2n) is 9.49. The lowest BCUT2D eigenvalue weighted by atomic mass is 10.0. The third kappa shape index (κ3) is 7.99. The largest absolute Gasteiger partial charge is 0.484 e. The molecule has 3 aromatic rings. The fourth-order valence-electron chi connectivity index (χ4n) is 4.07. The number of hydrogen-bond acceptors (Lipinski definition) is 3. The van der Waals surface area contributed by atoms with Gasteiger partial charge in [-0.05, 0) is 69.0 Å². The van der Waals surface area contributed by atoms with Crippen LogP contribution >= 0.6 is 0 Å². The molecule has 1 atom stereocenters. The summed E-state index contributed by atoms with van der Waals surface area (Å²) in [5, 5.41) is 3.01. The van der Waals surface area contributed by atoms with E-state index in [4.69, 9.17) is 4.74 Å². The molecule has 0 aliphatic rings. The van der Waals surface area contributed by atoms with Gasteiger partial charge in [-0.1, -0.05) is 66.2 Å². The van der Waals surface area contributed by atoms with Crippen LogP contribution in [0.15, 0.2) is 72.8 Å². The van der Waals surface area contributed by atoms with Crippen LogP contribution in [-0.2, 0) is 22.6 Å². The van der Waals surface area contributed by atoms with Crippen molar-refractivity contribution in [3.05, 3.63) is 101 Å². The molecular weight excluding hydrogens is 436 g/mol. The molecule has 0 aliphatic heterocycles. The summed E-state index contributed by atoms with van der Waals surface area (Å²) in [6.45, 7) is 10.0. The maximum Gasteiger partial charge on any atom is 0.261 e. The van der Waals surface area contributed by atoms with Crippen LogP contribution in [0.5, 0.6) is 5.75 Å². The second kappa shape index (κ2) is 12.2. The van der Waals surface area contributed by atoms with Crippen LogP contribution in [0.1, 0.15) is 41.7 Å². The quantitative estimate of drug-likeness (QED) is 0.444. The van der Waals surface area contributed by atoms with Gasteiger partial charge in [-0.3, -0.25) is 9.59 Å². The predicted molar refractivity (Wildman–Crippen MR) is 140 cm³/mol.